The molecule has 2 aromatic heterocycles. The first kappa shape index (κ1) is 13.4. The highest BCUT2D eigenvalue weighted by molar-refractivity contribution is 5.84. The van der Waals surface area contributed by atoms with Gasteiger partial charge in [-0.1, -0.05) is 6.07 Å². The lowest BCUT2D eigenvalue weighted by atomic mass is 10.2. The number of rotatable bonds is 3. The predicted molar refractivity (Wildman–Crippen MR) is 86.8 cm³/mol. The Morgan fingerprint density at radius 1 is 1.24 bits per heavy atom. The van der Waals surface area contributed by atoms with Crippen molar-refractivity contribution in [2.24, 2.45) is 0 Å². The van der Waals surface area contributed by atoms with Crippen LogP contribution in [0.15, 0.2) is 36.5 Å². The number of nitrogens with one attached hydrogen (secondary N) is 1. The third-order valence-corrected chi connectivity index (χ3v) is 3.49. The van der Waals surface area contributed by atoms with E-state index in [0.717, 1.165) is 28.1 Å². The summed E-state index contributed by atoms with van der Waals surface area (Å²) in [6.07, 6.45) is 1.80. The number of nitrogens with two attached hydrogens (primary N) is 1. The molecule has 0 saturated carbocycles. The van der Waals surface area contributed by atoms with E-state index >= 15 is 0 Å². The van der Waals surface area contributed by atoms with Crippen LogP contribution in [0, 0.1) is 6.92 Å². The van der Waals surface area contributed by atoms with E-state index in [0.29, 0.717) is 5.69 Å². The minimum Gasteiger partial charge on any atom is -0.394 e. The highest BCUT2D eigenvalue weighted by Gasteiger charge is 2.14. The summed E-state index contributed by atoms with van der Waals surface area (Å²) in [5.41, 5.74) is 9.63. The van der Waals surface area contributed by atoms with Crippen LogP contribution in [0.3, 0.4) is 0 Å². The fraction of sp³-hybridized carbons (Fsp3) is 0.250. The lowest BCUT2D eigenvalue weighted by Crippen LogP contribution is -2.08. The van der Waals surface area contributed by atoms with Crippen LogP contribution in [-0.4, -0.2) is 14.8 Å². The van der Waals surface area contributed by atoms with Crippen LogP contribution in [0.25, 0.3) is 10.9 Å². The van der Waals surface area contributed by atoms with Crippen molar-refractivity contribution in [1.29, 1.82) is 0 Å². The molecule has 0 atom stereocenters. The molecular formula is C16H19N5. The van der Waals surface area contributed by atoms with Gasteiger partial charge in [-0.3, -0.25) is 4.98 Å². The third-order valence-electron chi connectivity index (χ3n) is 3.49. The van der Waals surface area contributed by atoms with Crippen LogP contribution in [0.5, 0.6) is 0 Å². The van der Waals surface area contributed by atoms with E-state index < -0.39 is 0 Å². The monoisotopic (exact) mass is 281 g/mol. The van der Waals surface area contributed by atoms with E-state index in [1.165, 1.54) is 0 Å². The fourth-order valence-corrected chi connectivity index (χ4v) is 2.35. The van der Waals surface area contributed by atoms with Gasteiger partial charge in [0.25, 0.3) is 0 Å². The van der Waals surface area contributed by atoms with Crippen molar-refractivity contribution in [3.05, 3.63) is 42.2 Å². The number of aromatic nitrogens is 3. The van der Waals surface area contributed by atoms with Gasteiger partial charge in [-0.15, -0.1) is 0 Å². The van der Waals surface area contributed by atoms with Gasteiger partial charge >= 0.3 is 0 Å². The van der Waals surface area contributed by atoms with E-state index in [-0.39, 0.29) is 6.04 Å². The number of pyridine rings is 1. The Morgan fingerprint density at radius 2 is 2.05 bits per heavy atom. The molecule has 21 heavy (non-hydrogen) atoms. The van der Waals surface area contributed by atoms with Crippen LogP contribution in [0.1, 0.15) is 25.6 Å². The molecule has 3 rings (SSSR count). The molecule has 1 aromatic carbocycles. The van der Waals surface area contributed by atoms with Gasteiger partial charge in [-0.25, -0.2) is 4.68 Å². The number of hydrogen-bond donors (Lipinski definition) is 2. The van der Waals surface area contributed by atoms with Gasteiger partial charge in [0.2, 0.25) is 0 Å². The standard InChI is InChI=1S/C16H19N5/c1-10(2)21-16(15(17)11(3)20-21)19-13-6-7-14-12(9-13)5-4-8-18-14/h4-10,19H,17H2,1-3H3. The van der Waals surface area contributed by atoms with Crippen LogP contribution in [-0.2, 0) is 0 Å². The Bertz CT molecular complexity index is 788. The van der Waals surface area contributed by atoms with Crippen molar-refractivity contribution in [2.75, 3.05) is 11.1 Å². The van der Waals surface area contributed by atoms with Crippen molar-refractivity contribution in [3.8, 4) is 0 Å². The number of hydrogen-bond acceptors (Lipinski definition) is 4. The molecule has 0 amide bonds. The second-order valence-electron chi connectivity index (χ2n) is 5.42. The molecule has 0 aliphatic heterocycles. The van der Waals surface area contributed by atoms with Crippen LogP contribution in [0.2, 0.25) is 0 Å². The van der Waals surface area contributed by atoms with Crippen LogP contribution in [0.4, 0.5) is 17.2 Å². The Morgan fingerprint density at radius 3 is 2.81 bits per heavy atom. The summed E-state index contributed by atoms with van der Waals surface area (Å²) < 4.78 is 1.91. The first-order valence-electron chi connectivity index (χ1n) is 7.02. The molecular weight excluding hydrogens is 262 g/mol. The minimum absolute atomic E-state index is 0.241. The third kappa shape index (κ3) is 2.42. The smallest absolute Gasteiger partial charge is 0.152 e. The maximum atomic E-state index is 6.14. The molecule has 0 radical (unpaired) electrons. The van der Waals surface area contributed by atoms with Gasteiger partial charge in [0.1, 0.15) is 0 Å². The van der Waals surface area contributed by atoms with Crippen LogP contribution < -0.4 is 11.1 Å². The maximum Gasteiger partial charge on any atom is 0.152 e. The number of aryl methyl sites for hydroxylation is 1. The van der Waals surface area contributed by atoms with Crippen molar-refractivity contribution in [2.45, 2.75) is 26.8 Å². The van der Waals surface area contributed by atoms with Gasteiger partial charge in [-0.2, -0.15) is 5.10 Å². The van der Waals surface area contributed by atoms with Crippen LogP contribution >= 0.6 is 0 Å². The van der Waals surface area contributed by atoms with E-state index in [1.807, 2.05) is 35.9 Å². The van der Waals surface area contributed by atoms with Gasteiger partial charge in [-0.05, 0) is 45.0 Å². The van der Waals surface area contributed by atoms with E-state index in [4.69, 9.17) is 5.73 Å². The summed E-state index contributed by atoms with van der Waals surface area (Å²) in [6.45, 7) is 6.09. The molecule has 0 unspecified atom stereocenters. The molecule has 2 heterocycles. The first-order chi connectivity index (χ1) is 10.1. The maximum absolute atomic E-state index is 6.14. The quantitative estimate of drug-likeness (QED) is 0.769. The summed E-state index contributed by atoms with van der Waals surface area (Å²) in [7, 11) is 0. The molecule has 0 fully saturated rings. The summed E-state index contributed by atoms with van der Waals surface area (Å²) in [5.74, 6) is 0.839. The highest BCUT2D eigenvalue weighted by Crippen LogP contribution is 2.29. The fourth-order valence-electron chi connectivity index (χ4n) is 2.35. The van der Waals surface area contributed by atoms with Crippen molar-refractivity contribution < 1.29 is 0 Å². The Kier molecular flexibility index (Phi) is 3.25. The highest BCUT2D eigenvalue weighted by atomic mass is 15.4. The van der Waals surface area contributed by atoms with E-state index in [2.05, 4.69) is 35.3 Å². The Hall–Kier alpha value is -2.56. The SMILES string of the molecule is Cc1nn(C(C)C)c(Nc2ccc3ncccc3c2)c1N. The average molecular weight is 281 g/mol. The van der Waals surface area contributed by atoms with Crippen molar-refractivity contribution in [1.82, 2.24) is 14.8 Å². The normalized spacial score (nSPS) is 11.2. The van der Waals surface area contributed by atoms with E-state index in [1.54, 1.807) is 6.20 Å². The Balaban J connectivity index is 2.02. The predicted octanol–water partition coefficient (Wildman–Crippen LogP) is 3.65. The molecule has 0 saturated heterocycles. The van der Waals surface area contributed by atoms with Gasteiger partial charge in [0, 0.05) is 23.3 Å². The largest absolute Gasteiger partial charge is 0.394 e. The summed E-state index contributed by atoms with van der Waals surface area (Å²) >= 11 is 0. The van der Waals surface area contributed by atoms with Crippen molar-refractivity contribution in [3.63, 3.8) is 0 Å². The topological polar surface area (TPSA) is 68.8 Å². The minimum atomic E-state index is 0.241. The zero-order chi connectivity index (χ0) is 15.0. The molecule has 0 spiro atoms. The molecule has 5 nitrogen and oxygen atoms in total. The first-order valence-corrected chi connectivity index (χ1v) is 7.02. The van der Waals surface area contributed by atoms with Gasteiger partial charge in [0.15, 0.2) is 5.82 Å². The lowest BCUT2D eigenvalue weighted by molar-refractivity contribution is 0.536. The number of anilines is 3. The number of nitrogens with zero attached hydrogens (tertiary/aromatic N) is 3. The number of benzene rings is 1. The molecule has 3 N–H and O–H groups in total. The van der Waals surface area contributed by atoms with Gasteiger partial charge in [0.05, 0.1) is 16.9 Å². The lowest BCUT2D eigenvalue weighted by Gasteiger charge is -2.13. The molecule has 0 aliphatic rings. The number of nitrogen functional groups attached to an aromatic ring is 1. The van der Waals surface area contributed by atoms with E-state index in [9.17, 15) is 0 Å². The zero-order valence-electron chi connectivity index (χ0n) is 12.5. The van der Waals surface area contributed by atoms with Crippen molar-refractivity contribution >= 4 is 28.1 Å². The second-order valence-corrected chi connectivity index (χ2v) is 5.42. The number of fused-ring (bicyclic) bond motifs is 1. The zero-order valence-corrected chi connectivity index (χ0v) is 12.5. The molecule has 3 aromatic rings. The van der Waals surface area contributed by atoms with Gasteiger partial charge < -0.3 is 11.1 Å². The molecule has 0 bridgehead atoms. The Labute approximate surface area is 123 Å². The summed E-state index contributed by atoms with van der Waals surface area (Å²) in [4.78, 5) is 4.33. The summed E-state index contributed by atoms with van der Waals surface area (Å²) in [5, 5.41) is 8.96. The summed E-state index contributed by atoms with van der Waals surface area (Å²) in [6, 6.07) is 10.3. The molecule has 108 valence electrons. The molecule has 5 heteroatoms. The molecule has 0 aliphatic carbocycles. The average Bonchev–Trinajstić information content (AvgIpc) is 2.76. The second kappa shape index (κ2) is 5.09.